The van der Waals surface area contributed by atoms with Crippen LogP contribution in [-0.2, 0) is 5.60 Å². The third-order valence-electron chi connectivity index (χ3n) is 2.32. The maximum absolute atomic E-state index is 10.3. The van der Waals surface area contributed by atoms with E-state index in [-0.39, 0.29) is 0 Å². The molecule has 15 heavy (non-hydrogen) atoms. The predicted octanol–water partition coefficient (Wildman–Crippen LogP) is 3.11. The molecule has 0 aromatic carbocycles. The first-order chi connectivity index (χ1) is 7.08. The molecule has 0 aliphatic heterocycles. The van der Waals surface area contributed by atoms with Gasteiger partial charge < -0.3 is 10.4 Å². The molecule has 0 saturated heterocycles. The number of nitrogens with one attached hydrogen (secondary N) is 1. The fourth-order valence-electron chi connectivity index (χ4n) is 1.43. The average Bonchev–Trinajstić information content (AvgIpc) is 2.60. The second kappa shape index (κ2) is 5.99. The Morgan fingerprint density at radius 3 is 2.80 bits per heavy atom. The number of hydrogen-bond donors (Lipinski definition) is 2. The summed E-state index contributed by atoms with van der Waals surface area (Å²) < 4.78 is 1.01. The molecule has 2 N–H and O–H groups in total. The highest BCUT2D eigenvalue weighted by Crippen LogP contribution is 2.34. The van der Waals surface area contributed by atoms with E-state index in [1.54, 1.807) is 11.3 Å². The fraction of sp³-hybridized carbons (Fsp3) is 0.636. The number of thiophene rings is 1. The van der Waals surface area contributed by atoms with Crippen LogP contribution in [0.4, 0.5) is 0 Å². The van der Waals surface area contributed by atoms with Crippen LogP contribution in [0.2, 0.25) is 0 Å². The van der Waals surface area contributed by atoms with E-state index in [2.05, 4.69) is 28.2 Å². The van der Waals surface area contributed by atoms with Crippen LogP contribution in [0.15, 0.2) is 15.9 Å². The smallest absolute Gasteiger partial charge is 0.0983 e. The molecule has 0 aliphatic rings. The van der Waals surface area contributed by atoms with Gasteiger partial charge in [-0.05, 0) is 60.2 Å². The maximum atomic E-state index is 10.3. The van der Waals surface area contributed by atoms with E-state index in [1.165, 1.54) is 0 Å². The van der Waals surface area contributed by atoms with Crippen molar-refractivity contribution in [3.8, 4) is 0 Å². The van der Waals surface area contributed by atoms with Gasteiger partial charge in [-0.25, -0.2) is 0 Å². The Balaban J connectivity index is 2.48. The Labute approximate surface area is 104 Å². The molecule has 2 nitrogen and oxygen atoms in total. The fourth-order valence-corrected chi connectivity index (χ4v) is 3.32. The topological polar surface area (TPSA) is 32.3 Å². The lowest BCUT2D eigenvalue weighted by atomic mass is 10.0. The molecule has 0 aliphatic carbocycles. The van der Waals surface area contributed by atoms with Crippen molar-refractivity contribution >= 4 is 27.3 Å². The monoisotopic (exact) mass is 291 g/mol. The van der Waals surface area contributed by atoms with Gasteiger partial charge in [0.1, 0.15) is 0 Å². The molecule has 4 heteroatoms. The van der Waals surface area contributed by atoms with Crippen molar-refractivity contribution in [3.63, 3.8) is 0 Å². The summed E-state index contributed by atoms with van der Waals surface area (Å²) in [6.07, 6.45) is 1.87. The second-order valence-electron chi connectivity index (χ2n) is 3.87. The van der Waals surface area contributed by atoms with Crippen LogP contribution in [0, 0.1) is 0 Å². The number of hydrogen-bond acceptors (Lipinski definition) is 3. The number of aliphatic hydroxyl groups is 1. The normalized spacial score (nSPS) is 15.2. The molecule has 1 atom stereocenters. The molecule has 1 heterocycles. The largest absolute Gasteiger partial charge is 0.385 e. The molecule has 0 fully saturated rings. The molecule has 0 radical (unpaired) electrons. The van der Waals surface area contributed by atoms with E-state index in [0.29, 0.717) is 0 Å². The minimum absolute atomic E-state index is 0.728. The Hall–Kier alpha value is 0.100. The van der Waals surface area contributed by atoms with E-state index < -0.39 is 5.60 Å². The zero-order valence-electron chi connectivity index (χ0n) is 9.22. The van der Waals surface area contributed by atoms with E-state index in [1.807, 2.05) is 18.4 Å². The average molecular weight is 292 g/mol. The van der Waals surface area contributed by atoms with E-state index in [0.717, 1.165) is 35.3 Å². The van der Waals surface area contributed by atoms with E-state index in [9.17, 15) is 5.11 Å². The first kappa shape index (κ1) is 13.2. The summed E-state index contributed by atoms with van der Waals surface area (Å²) in [7, 11) is 0. The van der Waals surface area contributed by atoms with E-state index in [4.69, 9.17) is 0 Å². The van der Waals surface area contributed by atoms with Crippen LogP contribution in [0.25, 0.3) is 0 Å². The SMILES string of the molecule is CCCNCCC(C)(O)c1sccc1Br. The highest BCUT2D eigenvalue weighted by molar-refractivity contribution is 9.10. The Bertz CT molecular complexity index is 299. The summed E-state index contributed by atoms with van der Waals surface area (Å²) in [6, 6.07) is 1.98. The van der Waals surface area contributed by atoms with Gasteiger partial charge >= 0.3 is 0 Å². The Kier molecular flexibility index (Phi) is 5.26. The zero-order chi connectivity index (χ0) is 11.3. The number of halogens is 1. The van der Waals surface area contributed by atoms with Crippen LogP contribution < -0.4 is 5.32 Å². The summed E-state index contributed by atoms with van der Waals surface area (Å²) in [4.78, 5) is 1.01. The predicted molar refractivity (Wildman–Crippen MR) is 69.4 cm³/mol. The molecule has 0 amide bonds. The molecule has 0 spiro atoms. The van der Waals surface area contributed by atoms with Gasteiger partial charge in [0.15, 0.2) is 0 Å². The molecule has 0 saturated carbocycles. The van der Waals surface area contributed by atoms with Gasteiger partial charge in [-0.1, -0.05) is 6.92 Å². The minimum atomic E-state index is -0.728. The third kappa shape index (κ3) is 3.87. The van der Waals surface area contributed by atoms with E-state index >= 15 is 0 Å². The summed E-state index contributed by atoms with van der Waals surface area (Å²) in [5.74, 6) is 0. The molecule has 1 unspecified atom stereocenters. The zero-order valence-corrected chi connectivity index (χ0v) is 11.6. The molecule has 86 valence electrons. The van der Waals surface area contributed by atoms with Crippen molar-refractivity contribution in [2.45, 2.75) is 32.3 Å². The summed E-state index contributed by atoms with van der Waals surface area (Å²) in [5.41, 5.74) is -0.728. The first-order valence-corrected chi connectivity index (χ1v) is 6.91. The van der Waals surface area contributed by atoms with Crippen LogP contribution in [0.1, 0.15) is 31.6 Å². The Morgan fingerprint density at radius 2 is 2.27 bits per heavy atom. The lowest BCUT2D eigenvalue weighted by Crippen LogP contribution is -2.27. The van der Waals surface area contributed by atoms with Crippen molar-refractivity contribution < 1.29 is 5.11 Å². The van der Waals surface area contributed by atoms with Crippen LogP contribution in [0.3, 0.4) is 0 Å². The van der Waals surface area contributed by atoms with Gasteiger partial charge in [0.2, 0.25) is 0 Å². The van der Waals surface area contributed by atoms with Gasteiger partial charge in [-0.15, -0.1) is 11.3 Å². The van der Waals surface area contributed by atoms with Crippen LogP contribution >= 0.6 is 27.3 Å². The highest BCUT2D eigenvalue weighted by atomic mass is 79.9. The quantitative estimate of drug-likeness (QED) is 0.790. The first-order valence-electron chi connectivity index (χ1n) is 5.24. The van der Waals surface area contributed by atoms with Gasteiger partial charge in [0.25, 0.3) is 0 Å². The number of rotatable bonds is 6. The van der Waals surface area contributed by atoms with Crippen molar-refractivity contribution in [3.05, 3.63) is 20.8 Å². The summed E-state index contributed by atoms with van der Waals surface area (Å²) in [5, 5.41) is 15.6. The molecular weight excluding hydrogens is 274 g/mol. The summed E-state index contributed by atoms with van der Waals surface area (Å²) >= 11 is 5.05. The van der Waals surface area contributed by atoms with Gasteiger partial charge in [0.05, 0.1) is 10.5 Å². The highest BCUT2D eigenvalue weighted by Gasteiger charge is 2.26. The lowest BCUT2D eigenvalue weighted by molar-refractivity contribution is 0.0512. The molecule has 0 bridgehead atoms. The maximum Gasteiger partial charge on any atom is 0.0983 e. The Morgan fingerprint density at radius 1 is 1.53 bits per heavy atom. The van der Waals surface area contributed by atoms with Gasteiger partial charge in [-0.3, -0.25) is 0 Å². The van der Waals surface area contributed by atoms with Crippen molar-refractivity contribution in [2.24, 2.45) is 0 Å². The molecular formula is C11H18BrNOS. The minimum Gasteiger partial charge on any atom is -0.385 e. The molecule has 1 rings (SSSR count). The third-order valence-corrected chi connectivity index (χ3v) is 4.41. The second-order valence-corrected chi connectivity index (χ2v) is 5.64. The standard InChI is InChI=1S/C11H18BrNOS/c1-3-6-13-7-5-11(2,14)10-9(12)4-8-15-10/h4,8,13-14H,3,5-7H2,1-2H3. The lowest BCUT2D eigenvalue weighted by Gasteiger charge is -2.22. The van der Waals surface area contributed by atoms with Gasteiger partial charge in [0, 0.05) is 4.47 Å². The molecule has 1 aromatic rings. The van der Waals surface area contributed by atoms with Crippen molar-refractivity contribution in [2.75, 3.05) is 13.1 Å². The van der Waals surface area contributed by atoms with Gasteiger partial charge in [-0.2, -0.15) is 0 Å². The van der Waals surface area contributed by atoms with Crippen molar-refractivity contribution in [1.29, 1.82) is 0 Å². The van der Waals surface area contributed by atoms with Crippen LogP contribution in [0.5, 0.6) is 0 Å². The molecule has 1 aromatic heterocycles. The van der Waals surface area contributed by atoms with Crippen LogP contribution in [-0.4, -0.2) is 18.2 Å². The summed E-state index contributed by atoms with van der Waals surface area (Å²) in [6.45, 7) is 5.88. The van der Waals surface area contributed by atoms with Crippen molar-refractivity contribution in [1.82, 2.24) is 5.32 Å².